The molecule has 0 aromatic carbocycles. The Labute approximate surface area is 74.5 Å². The van der Waals surface area contributed by atoms with Crippen LogP contribution in [0.5, 0.6) is 0 Å². The second-order valence-electron chi connectivity index (χ2n) is 2.63. The van der Waals surface area contributed by atoms with Crippen molar-refractivity contribution in [1.29, 1.82) is 0 Å². The fourth-order valence-electron chi connectivity index (χ4n) is 0.993. The van der Waals surface area contributed by atoms with E-state index in [0.29, 0.717) is 17.5 Å². The Bertz CT molecular complexity index is 405. The summed E-state index contributed by atoms with van der Waals surface area (Å²) in [6.45, 7) is 2.10. The van der Waals surface area contributed by atoms with E-state index in [2.05, 4.69) is 10.1 Å². The van der Waals surface area contributed by atoms with Crippen LogP contribution in [-0.4, -0.2) is 10.1 Å². The number of nitrogens with zero attached hydrogens (tertiary/aromatic N) is 2. The molecule has 0 spiro atoms. The van der Waals surface area contributed by atoms with Gasteiger partial charge in [-0.3, -0.25) is 0 Å². The van der Waals surface area contributed by atoms with E-state index in [0.717, 1.165) is 5.76 Å². The van der Waals surface area contributed by atoms with E-state index in [4.69, 9.17) is 14.7 Å². The smallest absolute Gasteiger partial charge is 0.240 e. The monoisotopic (exact) mass is 179 g/mol. The Morgan fingerprint density at radius 3 is 2.85 bits per heavy atom. The summed E-state index contributed by atoms with van der Waals surface area (Å²) >= 11 is 0. The van der Waals surface area contributed by atoms with Crippen LogP contribution in [0.2, 0.25) is 0 Å². The molecule has 2 N–H and O–H groups in total. The first-order chi connectivity index (χ1) is 6.29. The molecule has 0 saturated carbocycles. The summed E-state index contributed by atoms with van der Waals surface area (Å²) < 4.78 is 10.1. The minimum Gasteiger partial charge on any atom is -0.458 e. The van der Waals surface area contributed by atoms with Crippen molar-refractivity contribution in [3.8, 4) is 11.6 Å². The standard InChI is InChI=1S/C8H9N3O2/c1-5-2-3-6(12-5)8-10-7(4-9)13-11-8/h2-3H,4,9H2,1H3. The van der Waals surface area contributed by atoms with E-state index in [1.807, 2.05) is 13.0 Å². The first-order valence-electron chi connectivity index (χ1n) is 3.89. The van der Waals surface area contributed by atoms with Crippen LogP contribution < -0.4 is 5.73 Å². The first kappa shape index (κ1) is 8.00. The third-order valence-electron chi connectivity index (χ3n) is 1.60. The molecule has 2 rings (SSSR count). The topological polar surface area (TPSA) is 78.1 Å². The highest BCUT2D eigenvalue weighted by atomic mass is 16.5. The van der Waals surface area contributed by atoms with Crippen LogP contribution in [0.25, 0.3) is 11.6 Å². The first-order valence-corrected chi connectivity index (χ1v) is 3.89. The highest BCUT2D eigenvalue weighted by molar-refractivity contribution is 5.45. The molecule has 0 amide bonds. The second-order valence-corrected chi connectivity index (χ2v) is 2.63. The van der Waals surface area contributed by atoms with Gasteiger partial charge in [-0.1, -0.05) is 5.16 Å². The average molecular weight is 179 g/mol. The predicted molar refractivity (Wildman–Crippen MR) is 44.6 cm³/mol. The zero-order valence-corrected chi connectivity index (χ0v) is 7.15. The molecule has 0 fully saturated rings. The molecule has 0 aliphatic heterocycles. The van der Waals surface area contributed by atoms with E-state index in [1.165, 1.54) is 0 Å². The van der Waals surface area contributed by atoms with Gasteiger partial charge in [-0.2, -0.15) is 4.98 Å². The van der Waals surface area contributed by atoms with E-state index < -0.39 is 0 Å². The van der Waals surface area contributed by atoms with Gasteiger partial charge in [0.25, 0.3) is 0 Å². The van der Waals surface area contributed by atoms with Gasteiger partial charge in [-0.05, 0) is 19.1 Å². The lowest BCUT2D eigenvalue weighted by molar-refractivity contribution is 0.379. The van der Waals surface area contributed by atoms with Crippen LogP contribution in [-0.2, 0) is 6.54 Å². The van der Waals surface area contributed by atoms with Gasteiger partial charge >= 0.3 is 0 Å². The van der Waals surface area contributed by atoms with Crippen molar-refractivity contribution in [2.45, 2.75) is 13.5 Å². The molecule has 0 bridgehead atoms. The lowest BCUT2D eigenvalue weighted by atomic mass is 10.4. The minimum absolute atomic E-state index is 0.243. The van der Waals surface area contributed by atoms with Crippen molar-refractivity contribution >= 4 is 0 Å². The highest BCUT2D eigenvalue weighted by Gasteiger charge is 2.09. The molecule has 2 aromatic rings. The van der Waals surface area contributed by atoms with Crippen LogP contribution in [0.15, 0.2) is 21.1 Å². The van der Waals surface area contributed by atoms with E-state index in [9.17, 15) is 0 Å². The molecule has 0 unspecified atom stereocenters. The Hall–Kier alpha value is -1.62. The zero-order valence-electron chi connectivity index (χ0n) is 7.15. The number of hydrogen-bond acceptors (Lipinski definition) is 5. The van der Waals surface area contributed by atoms with E-state index >= 15 is 0 Å². The Morgan fingerprint density at radius 1 is 1.46 bits per heavy atom. The molecule has 0 aliphatic rings. The van der Waals surface area contributed by atoms with Crippen LogP contribution in [0, 0.1) is 6.92 Å². The molecule has 2 heterocycles. The van der Waals surface area contributed by atoms with Gasteiger partial charge in [0.15, 0.2) is 5.76 Å². The maximum atomic E-state index is 5.32. The van der Waals surface area contributed by atoms with Crippen LogP contribution >= 0.6 is 0 Å². The summed E-state index contributed by atoms with van der Waals surface area (Å²) in [5.74, 6) is 2.26. The summed E-state index contributed by atoms with van der Waals surface area (Å²) in [4.78, 5) is 4.02. The van der Waals surface area contributed by atoms with Gasteiger partial charge in [-0.15, -0.1) is 0 Å². The number of aryl methyl sites for hydroxylation is 1. The number of nitrogens with two attached hydrogens (primary N) is 1. The van der Waals surface area contributed by atoms with Crippen LogP contribution in [0.4, 0.5) is 0 Å². The van der Waals surface area contributed by atoms with Crippen molar-refractivity contribution < 1.29 is 8.94 Å². The molecule has 0 saturated heterocycles. The molecular formula is C8H9N3O2. The third-order valence-corrected chi connectivity index (χ3v) is 1.60. The lowest BCUT2D eigenvalue weighted by Gasteiger charge is -1.84. The number of hydrogen-bond donors (Lipinski definition) is 1. The quantitative estimate of drug-likeness (QED) is 0.746. The summed E-state index contributed by atoms with van der Waals surface area (Å²) in [6.07, 6.45) is 0. The summed E-state index contributed by atoms with van der Waals surface area (Å²) in [6, 6.07) is 3.63. The molecule has 2 aromatic heterocycles. The second kappa shape index (κ2) is 3.02. The van der Waals surface area contributed by atoms with E-state index in [-0.39, 0.29) is 6.54 Å². The number of aromatic nitrogens is 2. The highest BCUT2D eigenvalue weighted by Crippen LogP contribution is 2.18. The van der Waals surface area contributed by atoms with Crippen molar-refractivity contribution in [1.82, 2.24) is 10.1 Å². The van der Waals surface area contributed by atoms with Crippen LogP contribution in [0.1, 0.15) is 11.7 Å². The van der Waals surface area contributed by atoms with Gasteiger partial charge < -0.3 is 14.7 Å². The largest absolute Gasteiger partial charge is 0.458 e. The van der Waals surface area contributed by atoms with Gasteiger partial charge in [0.2, 0.25) is 11.7 Å². The van der Waals surface area contributed by atoms with Gasteiger partial charge in [0.05, 0.1) is 6.54 Å². The summed E-state index contributed by atoms with van der Waals surface area (Å²) in [5, 5.41) is 3.71. The molecule has 0 aliphatic carbocycles. The summed E-state index contributed by atoms with van der Waals surface area (Å²) in [7, 11) is 0. The summed E-state index contributed by atoms with van der Waals surface area (Å²) in [5.41, 5.74) is 5.32. The fraction of sp³-hybridized carbons (Fsp3) is 0.250. The molecular weight excluding hydrogens is 170 g/mol. The fourth-order valence-corrected chi connectivity index (χ4v) is 0.993. The van der Waals surface area contributed by atoms with Gasteiger partial charge in [0.1, 0.15) is 5.76 Å². The Morgan fingerprint density at radius 2 is 2.31 bits per heavy atom. The van der Waals surface area contributed by atoms with Crippen molar-refractivity contribution in [3.05, 3.63) is 23.8 Å². The van der Waals surface area contributed by atoms with Crippen molar-refractivity contribution in [2.75, 3.05) is 0 Å². The van der Waals surface area contributed by atoms with Gasteiger partial charge in [-0.25, -0.2) is 0 Å². The van der Waals surface area contributed by atoms with E-state index in [1.54, 1.807) is 6.07 Å². The predicted octanol–water partition coefficient (Wildman–Crippen LogP) is 1.10. The minimum atomic E-state index is 0.243. The lowest BCUT2D eigenvalue weighted by Crippen LogP contribution is -1.95. The van der Waals surface area contributed by atoms with Crippen molar-refractivity contribution in [3.63, 3.8) is 0 Å². The normalized spacial score (nSPS) is 10.6. The van der Waals surface area contributed by atoms with Crippen LogP contribution in [0.3, 0.4) is 0 Å². The average Bonchev–Trinajstić information content (AvgIpc) is 2.71. The SMILES string of the molecule is Cc1ccc(-c2noc(CN)n2)o1. The molecule has 68 valence electrons. The molecule has 5 nitrogen and oxygen atoms in total. The number of rotatable bonds is 2. The maximum Gasteiger partial charge on any atom is 0.240 e. The van der Waals surface area contributed by atoms with Crippen molar-refractivity contribution in [2.24, 2.45) is 5.73 Å². The Balaban J connectivity index is 2.35. The third kappa shape index (κ3) is 1.46. The number of furan rings is 1. The maximum absolute atomic E-state index is 5.32. The Kier molecular flexibility index (Phi) is 1.86. The molecule has 5 heteroatoms. The molecule has 13 heavy (non-hydrogen) atoms. The van der Waals surface area contributed by atoms with Gasteiger partial charge in [0, 0.05) is 0 Å². The zero-order chi connectivity index (χ0) is 9.26. The molecule has 0 radical (unpaired) electrons. The molecule has 0 atom stereocenters.